The molecule has 1 saturated carbocycles. The second-order valence-corrected chi connectivity index (χ2v) is 5.19. The standard InChI is InChI=1S/C14H17NO4/c1-9(2)11-6-7-12(15(17)18)13(8-11)19-14(16)10-4-3-5-10/h6-10H,3-5H2,1-2H3. The SMILES string of the molecule is CC(C)c1ccc([N+](=O)[O-])c(OC(=O)C2CCC2)c1. The maximum absolute atomic E-state index is 11.8. The van der Waals surface area contributed by atoms with Crippen LogP contribution in [0.2, 0.25) is 0 Å². The Hall–Kier alpha value is -1.91. The van der Waals surface area contributed by atoms with Crippen molar-refractivity contribution >= 4 is 11.7 Å². The molecule has 1 aliphatic carbocycles. The van der Waals surface area contributed by atoms with Crippen LogP contribution >= 0.6 is 0 Å². The van der Waals surface area contributed by atoms with Crippen LogP contribution in [0.15, 0.2) is 18.2 Å². The number of hydrogen-bond acceptors (Lipinski definition) is 4. The van der Waals surface area contributed by atoms with Gasteiger partial charge in [0.25, 0.3) is 0 Å². The van der Waals surface area contributed by atoms with Gasteiger partial charge in [-0.25, -0.2) is 0 Å². The van der Waals surface area contributed by atoms with Crippen molar-refractivity contribution < 1.29 is 14.5 Å². The molecule has 0 N–H and O–H groups in total. The molecular weight excluding hydrogens is 246 g/mol. The Morgan fingerprint density at radius 3 is 2.58 bits per heavy atom. The minimum Gasteiger partial charge on any atom is -0.419 e. The molecular formula is C14H17NO4. The van der Waals surface area contributed by atoms with E-state index in [-0.39, 0.29) is 29.2 Å². The van der Waals surface area contributed by atoms with Gasteiger partial charge in [0.2, 0.25) is 5.75 Å². The van der Waals surface area contributed by atoms with Crippen molar-refractivity contribution in [1.82, 2.24) is 0 Å². The van der Waals surface area contributed by atoms with E-state index in [9.17, 15) is 14.9 Å². The molecule has 0 spiro atoms. The van der Waals surface area contributed by atoms with Crippen LogP contribution in [0.3, 0.4) is 0 Å². The number of nitro groups is 1. The first-order chi connectivity index (χ1) is 8.99. The van der Waals surface area contributed by atoms with Crippen molar-refractivity contribution in [3.05, 3.63) is 33.9 Å². The lowest BCUT2D eigenvalue weighted by molar-refractivity contribution is -0.385. The predicted octanol–water partition coefficient (Wildman–Crippen LogP) is 3.42. The Morgan fingerprint density at radius 1 is 1.42 bits per heavy atom. The maximum Gasteiger partial charge on any atom is 0.314 e. The fraction of sp³-hybridized carbons (Fsp3) is 0.500. The third-order valence-corrected chi connectivity index (χ3v) is 3.50. The average Bonchev–Trinajstić information content (AvgIpc) is 2.25. The zero-order chi connectivity index (χ0) is 14.0. The fourth-order valence-corrected chi connectivity index (χ4v) is 1.96. The quantitative estimate of drug-likeness (QED) is 0.361. The van der Waals surface area contributed by atoms with E-state index in [2.05, 4.69) is 0 Å². The number of benzene rings is 1. The van der Waals surface area contributed by atoms with Crippen molar-refractivity contribution in [3.8, 4) is 5.75 Å². The molecule has 5 nitrogen and oxygen atoms in total. The summed E-state index contributed by atoms with van der Waals surface area (Å²) >= 11 is 0. The molecule has 19 heavy (non-hydrogen) atoms. The monoisotopic (exact) mass is 263 g/mol. The number of carbonyl (C=O) groups is 1. The van der Waals surface area contributed by atoms with Gasteiger partial charge in [-0.05, 0) is 30.4 Å². The molecule has 1 aromatic carbocycles. The lowest BCUT2D eigenvalue weighted by Crippen LogP contribution is -2.26. The van der Waals surface area contributed by atoms with E-state index in [0.29, 0.717) is 0 Å². The summed E-state index contributed by atoms with van der Waals surface area (Å²) < 4.78 is 5.22. The number of carbonyl (C=O) groups excluding carboxylic acids is 1. The van der Waals surface area contributed by atoms with Crippen LogP contribution in [0.1, 0.15) is 44.6 Å². The zero-order valence-electron chi connectivity index (χ0n) is 11.1. The van der Waals surface area contributed by atoms with E-state index in [4.69, 9.17) is 4.74 Å². The molecule has 1 aliphatic rings. The van der Waals surface area contributed by atoms with Gasteiger partial charge in [0.1, 0.15) is 0 Å². The van der Waals surface area contributed by atoms with Gasteiger partial charge in [0.05, 0.1) is 10.8 Å². The van der Waals surface area contributed by atoms with E-state index in [1.165, 1.54) is 6.07 Å². The second kappa shape index (κ2) is 5.38. The van der Waals surface area contributed by atoms with Crippen LogP contribution in [0.5, 0.6) is 5.75 Å². The van der Waals surface area contributed by atoms with Crippen molar-refractivity contribution in [2.24, 2.45) is 5.92 Å². The van der Waals surface area contributed by atoms with E-state index < -0.39 is 4.92 Å². The number of nitro benzene ring substituents is 1. The number of hydrogen-bond donors (Lipinski definition) is 0. The van der Waals surface area contributed by atoms with E-state index >= 15 is 0 Å². The summed E-state index contributed by atoms with van der Waals surface area (Å²) in [6.45, 7) is 3.97. The molecule has 0 unspecified atom stereocenters. The largest absolute Gasteiger partial charge is 0.419 e. The first-order valence-corrected chi connectivity index (χ1v) is 6.49. The van der Waals surface area contributed by atoms with Gasteiger partial charge >= 0.3 is 11.7 Å². The van der Waals surface area contributed by atoms with Crippen LogP contribution in [0, 0.1) is 16.0 Å². The number of esters is 1. The number of nitrogens with zero attached hydrogens (tertiary/aromatic N) is 1. The molecule has 0 amide bonds. The molecule has 0 aromatic heterocycles. The first-order valence-electron chi connectivity index (χ1n) is 6.49. The molecule has 2 rings (SSSR count). The van der Waals surface area contributed by atoms with Crippen LogP contribution in [-0.4, -0.2) is 10.9 Å². The van der Waals surface area contributed by atoms with E-state index in [1.807, 2.05) is 13.8 Å². The van der Waals surface area contributed by atoms with Gasteiger partial charge in [0.15, 0.2) is 0 Å². The Bertz CT molecular complexity index is 506. The molecule has 0 bridgehead atoms. The van der Waals surface area contributed by atoms with E-state index in [0.717, 1.165) is 24.8 Å². The summed E-state index contributed by atoms with van der Waals surface area (Å²) in [5.74, 6) is -0.160. The van der Waals surface area contributed by atoms with E-state index in [1.54, 1.807) is 12.1 Å². The van der Waals surface area contributed by atoms with Crippen LogP contribution < -0.4 is 4.74 Å². The van der Waals surface area contributed by atoms with Gasteiger partial charge in [-0.1, -0.05) is 26.3 Å². The molecule has 1 aromatic rings. The molecule has 102 valence electrons. The maximum atomic E-state index is 11.8. The summed E-state index contributed by atoms with van der Waals surface area (Å²) in [7, 11) is 0. The summed E-state index contributed by atoms with van der Waals surface area (Å²) in [5, 5.41) is 11.0. The molecule has 0 heterocycles. The van der Waals surface area contributed by atoms with Gasteiger partial charge < -0.3 is 4.74 Å². The van der Waals surface area contributed by atoms with Crippen molar-refractivity contribution in [2.75, 3.05) is 0 Å². The minimum atomic E-state index is -0.520. The summed E-state index contributed by atoms with van der Waals surface area (Å²) in [6.07, 6.45) is 2.65. The zero-order valence-corrected chi connectivity index (χ0v) is 11.1. The third kappa shape index (κ3) is 2.92. The van der Waals surface area contributed by atoms with Crippen molar-refractivity contribution in [1.29, 1.82) is 0 Å². The van der Waals surface area contributed by atoms with Crippen LogP contribution in [0.4, 0.5) is 5.69 Å². The minimum absolute atomic E-state index is 0.0631. The summed E-state index contributed by atoms with van der Waals surface area (Å²) in [6, 6.07) is 4.70. The van der Waals surface area contributed by atoms with Crippen molar-refractivity contribution in [3.63, 3.8) is 0 Å². The lowest BCUT2D eigenvalue weighted by atomic mass is 9.86. The highest BCUT2D eigenvalue weighted by Crippen LogP contribution is 2.33. The van der Waals surface area contributed by atoms with Gasteiger partial charge in [-0.15, -0.1) is 0 Å². The second-order valence-electron chi connectivity index (χ2n) is 5.19. The summed E-state index contributed by atoms with van der Waals surface area (Å²) in [5.41, 5.74) is 0.763. The molecule has 5 heteroatoms. The lowest BCUT2D eigenvalue weighted by Gasteiger charge is -2.23. The topological polar surface area (TPSA) is 69.4 Å². The Kier molecular flexibility index (Phi) is 3.83. The highest BCUT2D eigenvalue weighted by Gasteiger charge is 2.29. The molecule has 0 aliphatic heterocycles. The predicted molar refractivity (Wildman–Crippen MR) is 70.2 cm³/mol. The van der Waals surface area contributed by atoms with Gasteiger partial charge in [-0.3, -0.25) is 14.9 Å². The van der Waals surface area contributed by atoms with Crippen molar-refractivity contribution in [2.45, 2.75) is 39.0 Å². The Morgan fingerprint density at radius 2 is 2.11 bits per heavy atom. The highest BCUT2D eigenvalue weighted by atomic mass is 16.6. The summed E-state index contributed by atoms with van der Waals surface area (Å²) in [4.78, 5) is 22.2. The smallest absolute Gasteiger partial charge is 0.314 e. The molecule has 0 saturated heterocycles. The Balaban J connectivity index is 2.26. The Labute approximate surface area is 111 Å². The number of ether oxygens (including phenoxy) is 1. The normalized spacial score (nSPS) is 15.1. The molecule has 0 atom stereocenters. The van der Waals surface area contributed by atoms with Crippen LogP contribution in [-0.2, 0) is 4.79 Å². The highest BCUT2D eigenvalue weighted by molar-refractivity contribution is 5.77. The van der Waals surface area contributed by atoms with Crippen LogP contribution in [0.25, 0.3) is 0 Å². The van der Waals surface area contributed by atoms with Gasteiger partial charge in [0, 0.05) is 6.07 Å². The molecule has 0 radical (unpaired) electrons. The average molecular weight is 263 g/mol. The first kappa shape index (κ1) is 13.5. The van der Waals surface area contributed by atoms with Gasteiger partial charge in [-0.2, -0.15) is 0 Å². The molecule has 1 fully saturated rings. The third-order valence-electron chi connectivity index (χ3n) is 3.50. The number of rotatable bonds is 4. The fourth-order valence-electron chi connectivity index (χ4n) is 1.96.